The molecule has 0 fully saturated rings. The molecule has 2 heteroatoms. The Morgan fingerprint density at radius 1 is 0.500 bits per heavy atom. The minimum absolute atomic E-state index is 0.544. The Kier molecular flexibility index (Phi) is 22.0. The molecule has 1 radical (unpaired) electrons. The normalized spacial score (nSPS) is 10.9. The van der Waals surface area contributed by atoms with E-state index in [4.69, 9.17) is 0 Å². The van der Waals surface area contributed by atoms with Gasteiger partial charge in [0.05, 0.1) is 6.61 Å². The second-order valence-corrected chi connectivity index (χ2v) is 7.30. The zero-order valence-corrected chi connectivity index (χ0v) is 16.5. The molecule has 0 atom stereocenters. The summed E-state index contributed by atoms with van der Waals surface area (Å²) < 4.78 is 4.56. The van der Waals surface area contributed by atoms with E-state index in [-0.39, 0.29) is 0 Å². The first kappa shape index (κ1) is 23.5. The second-order valence-electron chi connectivity index (χ2n) is 7.30. The topological polar surface area (TPSA) is 26.3 Å². The molecule has 24 heavy (non-hydrogen) atoms. The molecule has 2 nitrogen and oxygen atoms in total. The van der Waals surface area contributed by atoms with Gasteiger partial charge in [-0.1, -0.05) is 122 Å². The van der Waals surface area contributed by atoms with Crippen molar-refractivity contribution >= 4 is 6.47 Å². The standard InChI is InChI=1S/C22H43O2/c1-2-3-4-5-6-7-8-9-10-11-12-13-14-15-16-17-18-19-20-21-24-22-23/h2-21H2,1H3. The maximum absolute atomic E-state index is 9.85. The molecule has 0 rings (SSSR count). The average Bonchev–Trinajstić information content (AvgIpc) is 2.60. The quantitative estimate of drug-likeness (QED) is 0.202. The molecule has 143 valence electrons. The Morgan fingerprint density at radius 2 is 0.792 bits per heavy atom. The summed E-state index contributed by atoms with van der Waals surface area (Å²) in [4.78, 5) is 9.85. The van der Waals surface area contributed by atoms with Gasteiger partial charge in [-0.15, -0.1) is 0 Å². The molecule has 0 heterocycles. The van der Waals surface area contributed by atoms with Crippen LogP contribution >= 0.6 is 0 Å². The number of rotatable bonds is 21. The van der Waals surface area contributed by atoms with E-state index in [2.05, 4.69) is 11.7 Å². The van der Waals surface area contributed by atoms with Crippen molar-refractivity contribution in [3.8, 4) is 0 Å². The molecule has 0 aliphatic heterocycles. The fourth-order valence-electron chi connectivity index (χ4n) is 3.29. The van der Waals surface area contributed by atoms with Gasteiger partial charge in [0, 0.05) is 0 Å². The highest BCUT2D eigenvalue weighted by Crippen LogP contribution is 2.14. The summed E-state index contributed by atoms with van der Waals surface area (Å²) in [6, 6.07) is 0. The predicted octanol–water partition coefficient (Wildman–Crippen LogP) is 7.50. The van der Waals surface area contributed by atoms with E-state index in [9.17, 15) is 4.79 Å². The fraction of sp³-hybridized carbons (Fsp3) is 0.955. The van der Waals surface area contributed by atoms with Gasteiger partial charge in [-0.25, -0.2) is 4.79 Å². The van der Waals surface area contributed by atoms with E-state index in [1.165, 1.54) is 122 Å². The molecule has 0 aromatic carbocycles. The molecule has 0 saturated carbocycles. The van der Waals surface area contributed by atoms with Crippen LogP contribution in [0.15, 0.2) is 0 Å². The van der Waals surface area contributed by atoms with Gasteiger partial charge in [-0.05, 0) is 6.42 Å². The summed E-state index contributed by atoms with van der Waals surface area (Å²) in [5, 5.41) is 0. The van der Waals surface area contributed by atoms with Gasteiger partial charge in [-0.2, -0.15) is 0 Å². The van der Waals surface area contributed by atoms with Crippen LogP contribution in [0.4, 0.5) is 0 Å². The van der Waals surface area contributed by atoms with Gasteiger partial charge in [0.15, 0.2) is 0 Å². The minimum Gasteiger partial charge on any atom is -0.457 e. The molecule has 0 bridgehead atoms. The first-order chi connectivity index (χ1) is 11.9. The molecular weight excluding hydrogens is 296 g/mol. The van der Waals surface area contributed by atoms with E-state index < -0.39 is 0 Å². The number of unbranched alkanes of at least 4 members (excludes halogenated alkanes) is 18. The van der Waals surface area contributed by atoms with Crippen molar-refractivity contribution in [3.05, 3.63) is 0 Å². The first-order valence-corrected chi connectivity index (χ1v) is 10.9. The Labute approximate surface area is 152 Å². The molecule has 0 unspecified atom stereocenters. The Morgan fingerprint density at radius 3 is 1.08 bits per heavy atom. The summed E-state index contributed by atoms with van der Waals surface area (Å²) in [6.45, 7) is 4.31. The fourth-order valence-corrected chi connectivity index (χ4v) is 3.29. The van der Waals surface area contributed by atoms with Crippen molar-refractivity contribution in [3.63, 3.8) is 0 Å². The lowest BCUT2D eigenvalue weighted by molar-refractivity contribution is 0.268. The van der Waals surface area contributed by atoms with Crippen LogP contribution in [0.3, 0.4) is 0 Å². The maximum atomic E-state index is 9.85. The van der Waals surface area contributed by atoms with Crippen LogP contribution < -0.4 is 0 Å². The lowest BCUT2D eigenvalue weighted by atomic mass is 10.0. The Balaban J connectivity index is 2.94. The van der Waals surface area contributed by atoms with Crippen LogP contribution in [0.1, 0.15) is 129 Å². The van der Waals surface area contributed by atoms with E-state index in [0.29, 0.717) is 6.61 Å². The zero-order valence-electron chi connectivity index (χ0n) is 16.5. The molecule has 0 N–H and O–H groups in total. The highest BCUT2D eigenvalue weighted by atomic mass is 16.5. The molecule has 0 amide bonds. The van der Waals surface area contributed by atoms with Crippen molar-refractivity contribution in [2.45, 2.75) is 129 Å². The first-order valence-electron chi connectivity index (χ1n) is 10.9. The molecule has 0 aromatic rings. The lowest BCUT2D eigenvalue weighted by Gasteiger charge is -2.04. The largest absolute Gasteiger partial charge is 0.457 e. The van der Waals surface area contributed by atoms with Crippen molar-refractivity contribution in [2.75, 3.05) is 6.61 Å². The second kappa shape index (κ2) is 22.5. The van der Waals surface area contributed by atoms with Crippen molar-refractivity contribution in [2.24, 2.45) is 0 Å². The molecule has 0 aliphatic carbocycles. The van der Waals surface area contributed by atoms with Gasteiger partial charge >= 0.3 is 6.47 Å². The summed E-state index contributed by atoms with van der Waals surface area (Å²) in [5.74, 6) is 0. The third kappa shape index (κ3) is 21.5. The van der Waals surface area contributed by atoms with Crippen molar-refractivity contribution in [1.82, 2.24) is 0 Å². The maximum Gasteiger partial charge on any atom is 0.417 e. The Bertz CT molecular complexity index is 228. The van der Waals surface area contributed by atoms with E-state index in [1.54, 1.807) is 0 Å². The molecule has 0 aromatic heterocycles. The third-order valence-corrected chi connectivity index (χ3v) is 4.91. The van der Waals surface area contributed by atoms with Gasteiger partial charge in [0.2, 0.25) is 0 Å². The van der Waals surface area contributed by atoms with E-state index in [0.717, 1.165) is 6.42 Å². The molecular formula is C22H43O2. The van der Waals surface area contributed by atoms with Gasteiger partial charge in [0.1, 0.15) is 0 Å². The van der Waals surface area contributed by atoms with Crippen LogP contribution in [0.2, 0.25) is 0 Å². The average molecular weight is 340 g/mol. The molecule has 0 aliphatic rings. The highest BCUT2D eigenvalue weighted by Gasteiger charge is 1.95. The van der Waals surface area contributed by atoms with Gasteiger partial charge < -0.3 is 4.74 Å². The number of hydrogen-bond donors (Lipinski definition) is 0. The zero-order chi connectivity index (χ0) is 17.6. The number of hydrogen-bond acceptors (Lipinski definition) is 2. The third-order valence-electron chi connectivity index (χ3n) is 4.91. The number of ether oxygens (including phenoxy) is 1. The van der Waals surface area contributed by atoms with Crippen LogP contribution in [0.5, 0.6) is 0 Å². The molecule has 0 spiro atoms. The van der Waals surface area contributed by atoms with Crippen molar-refractivity contribution in [1.29, 1.82) is 0 Å². The minimum atomic E-state index is 0.544. The van der Waals surface area contributed by atoms with Crippen molar-refractivity contribution < 1.29 is 9.53 Å². The SMILES string of the molecule is CCCCCCCCCCCCCCCCCCCCCO[C]=O. The van der Waals surface area contributed by atoms with Crippen LogP contribution in [-0.4, -0.2) is 13.1 Å². The van der Waals surface area contributed by atoms with Crippen LogP contribution in [0, 0.1) is 0 Å². The molecule has 0 saturated heterocycles. The summed E-state index contributed by atoms with van der Waals surface area (Å²) in [6.07, 6.45) is 26.3. The monoisotopic (exact) mass is 339 g/mol. The van der Waals surface area contributed by atoms with Crippen LogP contribution in [-0.2, 0) is 9.53 Å². The Hall–Kier alpha value is -0.530. The van der Waals surface area contributed by atoms with Gasteiger partial charge in [0.25, 0.3) is 0 Å². The number of carbonyl (C=O) groups excluding carboxylic acids is 1. The highest BCUT2D eigenvalue weighted by molar-refractivity contribution is 5.37. The van der Waals surface area contributed by atoms with Crippen LogP contribution in [0.25, 0.3) is 0 Å². The van der Waals surface area contributed by atoms with Gasteiger partial charge in [-0.3, -0.25) is 0 Å². The van der Waals surface area contributed by atoms with E-state index in [1.807, 2.05) is 0 Å². The van der Waals surface area contributed by atoms with E-state index >= 15 is 0 Å². The summed E-state index contributed by atoms with van der Waals surface area (Å²) >= 11 is 0. The lowest BCUT2D eigenvalue weighted by Crippen LogP contribution is -1.91. The predicted molar refractivity (Wildman–Crippen MR) is 105 cm³/mol. The summed E-state index contributed by atoms with van der Waals surface area (Å²) in [7, 11) is 0. The smallest absolute Gasteiger partial charge is 0.417 e. The summed E-state index contributed by atoms with van der Waals surface area (Å²) in [5.41, 5.74) is 0.